The Labute approximate surface area is 151 Å². The standard InChI is InChI=1S/C19H20FN5O/c20-16-5-3-14(4-6-16)11-25-9-7-17(12-25)26-13-18-19(23-24-22-18)15-2-1-8-21-10-15/h1-6,8,10,17H,7,9,11-13H2,(H,22,23,24)/t17-/m0/s1. The number of rotatable bonds is 6. The van der Waals surface area contributed by atoms with Gasteiger partial charge in [-0.05, 0) is 36.2 Å². The minimum absolute atomic E-state index is 0.161. The molecule has 0 bridgehead atoms. The SMILES string of the molecule is Fc1ccc(CN2CC[C@H](OCc3n[nH]nc3-c3cccnc3)C2)cc1. The zero-order valence-corrected chi connectivity index (χ0v) is 14.3. The van der Waals surface area contributed by atoms with Gasteiger partial charge in [0.25, 0.3) is 0 Å². The van der Waals surface area contributed by atoms with Crippen molar-refractivity contribution in [3.05, 3.63) is 65.9 Å². The second-order valence-electron chi connectivity index (χ2n) is 6.44. The van der Waals surface area contributed by atoms with Crippen molar-refractivity contribution < 1.29 is 9.13 Å². The first-order chi connectivity index (χ1) is 12.8. The van der Waals surface area contributed by atoms with Crippen LogP contribution in [-0.4, -0.2) is 44.5 Å². The molecule has 7 heteroatoms. The van der Waals surface area contributed by atoms with E-state index in [0.717, 1.165) is 48.6 Å². The lowest BCUT2D eigenvalue weighted by molar-refractivity contribution is 0.0445. The van der Waals surface area contributed by atoms with Gasteiger partial charge >= 0.3 is 0 Å². The van der Waals surface area contributed by atoms with E-state index >= 15 is 0 Å². The van der Waals surface area contributed by atoms with Gasteiger partial charge in [-0.2, -0.15) is 15.4 Å². The number of nitrogens with zero attached hydrogens (tertiary/aromatic N) is 4. The quantitative estimate of drug-likeness (QED) is 0.738. The third kappa shape index (κ3) is 3.95. The van der Waals surface area contributed by atoms with Crippen LogP contribution in [0, 0.1) is 5.82 Å². The lowest BCUT2D eigenvalue weighted by atomic mass is 10.2. The zero-order chi connectivity index (χ0) is 17.8. The van der Waals surface area contributed by atoms with Crippen molar-refractivity contribution in [2.45, 2.75) is 25.7 Å². The summed E-state index contributed by atoms with van der Waals surface area (Å²) in [6.07, 6.45) is 4.63. The summed E-state index contributed by atoms with van der Waals surface area (Å²) in [4.78, 5) is 6.44. The van der Waals surface area contributed by atoms with E-state index in [1.807, 2.05) is 24.3 Å². The van der Waals surface area contributed by atoms with Gasteiger partial charge in [-0.25, -0.2) is 4.39 Å². The van der Waals surface area contributed by atoms with E-state index in [1.54, 1.807) is 12.4 Å². The van der Waals surface area contributed by atoms with E-state index in [4.69, 9.17) is 4.74 Å². The molecule has 0 radical (unpaired) electrons. The Balaban J connectivity index is 1.31. The number of likely N-dealkylation sites (tertiary alicyclic amines) is 1. The Morgan fingerprint density at radius 2 is 2.08 bits per heavy atom. The fourth-order valence-corrected chi connectivity index (χ4v) is 3.21. The molecule has 0 amide bonds. The topological polar surface area (TPSA) is 66.9 Å². The number of halogens is 1. The van der Waals surface area contributed by atoms with Crippen molar-refractivity contribution in [3.63, 3.8) is 0 Å². The van der Waals surface area contributed by atoms with Crippen molar-refractivity contribution in [1.29, 1.82) is 0 Å². The van der Waals surface area contributed by atoms with Gasteiger partial charge in [0.1, 0.15) is 17.2 Å². The summed E-state index contributed by atoms with van der Waals surface area (Å²) in [5.41, 5.74) is 3.60. The Hall–Kier alpha value is -2.64. The maximum Gasteiger partial charge on any atom is 0.123 e. The highest BCUT2D eigenvalue weighted by molar-refractivity contribution is 5.59. The van der Waals surface area contributed by atoms with Gasteiger partial charge in [-0.15, -0.1) is 0 Å². The third-order valence-electron chi connectivity index (χ3n) is 4.56. The van der Waals surface area contributed by atoms with Crippen LogP contribution in [-0.2, 0) is 17.9 Å². The predicted octanol–water partition coefficient (Wildman–Crippen LogP) is 2.80. The van der Waals surface area contributed by atoms with E-state index in [0.29, 0.717) is 6.61 Å². The molecule has 0 saturated carbocycles. The lowest BCUT2D eigenvalue weighted by Gasteiger charge is -2.16. The second-order valence-corrected chi connectivity index (χ2v) is 6.44. The molecule has 6 nitrogen and oxygen atoms in total. The number of hydrogen-bond donors (Lipinski definition) is 1. The number of hydrogen-bond acceptors (Lipinski definition) is 5. The second kappa shape index (κ2) is 7.72. The highest BCUT2D eigenvalue weighted by Crippen LogP contribution is 2.21. The minimum Gasteiger partial charge on any atom is -0.370 e. The number of ether oxygens (including phenoxy) is 1. The molecular formula is C19H20FN5O. The molecule has 2 aromatic heterocycles. The third-order valence-corrected chi connectivity index (χ3v) is 4.56. The van der Waals surface area contributed by atoms with Gasteiger partial charge in [0.2, 0.25) is 0 Å². The first kappa shape index (κ1) is 16.8. The predicted molar refractivity (Wildman–Crippen MR) is 94.5 cm³/mol. The number of aromatic amines is 1. The first-order valence-electron chi connectivity index (χ1n) is 8.66. The highest BCUT2D eigenvalue weighted by Gasteiger charge is 2.24. The van der Waals surface area contributed by atoms with E-state index in [2.05, 4.69) is 25.3 Å². The normalized spacial score (nSPS) is 17.7. The van der Waals surface area contributed by atoms with E-state index < -0.39 is 0 Å². The fourth-order valence-electron chi connectivity index (χ4n) is 3.21. The van der Waals surface area contributed by atoms with Crippen LogP contribution in [0.1, 0.15) is 17.7 Å². The molecule has 1 saturated heterocycles. The Bertz CT molecular complexity index is 837. The van der Waals surface area contributed by atoms with Crippen molar-refractivity contribution in [1.82, 2.24) is 25.3 Å². The van der Waals surface area contributed by atoms with Crippen LogP contribution in [0.3, 0.4) is 0 Å². The monoisotopic (exact) mass is 353 g/mol. The summed E-state index contributed by atoms with van der Waals surface area (Å²) in [6.45, 7) is 3.05. The molecular weight excluding hydrogens is 333 g/mol. The summed E-state index contributed by atoms with van der Waals surface area (Å²) < 4.78 is 19.1. The molecule has 4 rings (SSSR count). The highest BCUT2D eigenvalue weighted by atomic mass is 19.1. The van der Waals surface area contributed by atoms with Gasteiger partial charge in [-0.3, -0.25) is 9.88 Å². The van der Waals surface area contributed by atoms with Gasteiger partial charge < -0.3 is 4.74 Å². The molecule has 0 aliphatic carbocycles. The van der Waals surface area contributed by atoms with Crippen LogP contribution in [0.5, 0.6) is 0 Å². The van der Waals surface area contributed by atoms with Gasteiger partial charge in [-0.1, -0.05) is 12.1 Å². The average molecular weight is 353 g/mol. The van der Waals surface area contributed by atoms with Crippen molar-refractivity contribution in [3.8, 4) is 11.3 Å². The summed E-state index contributed by atoms with van der Waals surface area (Å²) in [5.74, 6) is -0.201. The van der Waals surface area contributed by atoms with E-state index in [1.165, 1.54) is 12.1 Å². The van der Waals surface area contributed by atoms with E-state index in [-0.39, 0.29) is 11.9 Å². The molecule has 1 atom stereocenters. The Kier molecular flexibility index (Phi) is 4.99. The molecule has 1 aliphatic rings. The summed E-state index contributed by atoms with van der Waals surface area (Å²) >= 11 is 0. The number of aromatic nitrogens is 4. The van der Waals surface area contributed by atoms with Crippen LogP contribution in [0.15, 0.2) is 48.8 Å². The molecule has 0 unspecified atom stereocenters. The molecule has 26 heavy (non-hydrogen) atoms. The molecule has 1 aliphatic heterocycles. The maximum atomic E-state index is 13.0. The summed E-state index contributed by atoms with van der Waals surface area (Å²) in [7, 11) is 0. The smallest absolute Gasteiger partial charge is 0.123 e. The fraction of sp³-hybridized carbons (Fsp3) is 0.316. The number of benzene rings is 1. The van der Waals surface area contributed by atoms with Crippen LogP contribution < -0.4 is 0 Å². The summed E-state index contributed by atoms with van der Waals surface area (Å²) in [5, 5.41) is 11.1. The van der Waals surface area contributed by atoms with Gasteiger partial charge in [0.05, 0.1) is 12.7 Å². The molecule has 3 heterocycles. The van der Waals surface area contributed by atoms with Gasteiger partial charge in [0.15, 0.2) is 0 Å². The molecule has 3 aromatic rings. The molecule has 1 N–H and O–H groups in total. The van der Waals surface area contributed by atoms with Crippen molar-refractivity contribution in [2.24, 2.45) is 0 Å². The van der Waals surface area contributed by atoms with Crippen LogP contribution >= 0.6 is 0 Å². The van der Waals surface area contributed by atoms with Gasteiger partial charge in [0, 0.05) is 37.6 Å². The van der Waals surface area contributed by atoms with Crippen LogP contribution in [0.4, 0.5) is 4.39 Å². The largest absolute Gasteiger partial charge is 0.370 e. The average Bonchev–Trinajstić information content (AvgIpc) is 3.32. The maximum absolute atomic E-state index is 13.0. The van der Waals surface area contributed by atoms with Crippen LogP contribution in [0.2, 0.25) is 0 Å². The zero-order valence-electron chi connectivity index (χ0n) is 14.3. The van der Waals surface area contributed by atoms with E-state index in [9.17, 15) is 4.39 Å². The Morgan fingerprint density at radius 1 is 1.19 bits per heavy atom. The summed E-state index contributed by atoms with van der Waals surface area (Å²) in [6, 6.07) is 10.5. The number of nitrogens with one attached hydrogen (secondary N) is 1. The molecule has 134 valence electrons. The number of pyridine rings is 1. The number of H-pyrrole nitrogens is 1. The first-order valence-corrected chi connectivity index (χ1v) is 8.66. The van der Waals surface area contributed by atoms with Crippen molar-refractivity contribution >= 4 is 0 Å². The van der Waals surface area contributed by atoms with Crippen LogP contribution in [0.25, 0.3) is 11.3 Å². The Morgan fingerprint density at radius 3 is 2.88 bits per heavy atom. The van der Waals surface area contributed by atoms with Crippen molar-refractivity contribution in [2.75, 3.05) is 13.1 Å². The minimum atomic E-state index is -0.201. The lowest BCUT2D eigenvalue weighted by Crippen LogP contribution is -2.23. The molecule has 0 spiro atoms. The molecule has 1 fully saturated rings. The molecule has 1 aromatic carbocycles.